The van der Waals surface area contributed by atoms with Crippen LogP contribution in [0.1, 0.15) is 25.0 Å². The molecule has 0 saturated carbocycles. The molecule has 1 atom stereocenters. The van der Waals surface area contributed by atoms with Crippen molar-refractivity contribution < 1.29 is 28.3 Å². The first-order valence-corrected chi connectivity index (χ1v) is 10.1. The highest BCUT2D eigenvalue weighted by Gasteiger charge is 2.49. The van der Waals surface area contributed by atoms with Crippen LogP contribution in [0.15, 0.2) is 51.7 Å². The Morgan fingerprint density at radius 2 is 1.88 bits per heavy atom. The fraction of sp³-hybridized carbons (Fsp3) is 0.217. The van der Waals surface area contributed by atoms with Crippen LogP contribution in [0, 0.1) is 0 Å². The molecule has 4 amide bonds. The van der Waals surface area contributed by atoms with Gasteiger partial charge < -0.3 is 24.5 Å². The molecule has 10 nitrogen and oxygen atoms in total. The van der Waals surface area contributed by atoms with Crippen LogP contribution in [0.3, 0.4) is 0 Å². The monoisotopic (exact) mass is 449 g/mol. The number of fused-ring (bicyclic) bond motifs is 2. The average Bonchev–Trinajstić information content (AvgIpc) is 3.31. The lowest BCUT2D eigenvalue weighted by molar-refractivity contribution is -0.131. The van der Waals surface area contributed by atoms with E-state index in [1.165, 1.54) is 19.1 Å². The van der Waals surface area contributed by atoms with E-state index in [4.69, 9.17) is 13.9 Å². The standard InChI is InChI=1S/C23H19N3O7/c1-12(27)24-15-4-5-16-13(7-20(28)33-18(16)9-15)10-26-21(29)23(2,25-22(26)30)14-3-6-17-19(8-14)32-11-31-17/h3-9H,10-11H2,1-2H3,(H,24,27)(H,25,30). The molecule has 10 heteroatoms. The van der Waals surface area contributed by atoms with Gasteiger partial charge in [-0.1, -0.05) is 6.07 Å². The van der Waals surface area contributed by atoms with Gasteiger partial charge in [0.2, 0.25) is 12.7 Å². The Morgan fingerprint density at radius 3 is 2.67 bits per heavy atom. The van der Waals surface area contributed by atoms with Crippen molar-refractivity contribution in [2.45, 2.75) is 25.9 Å². The number of urea groups is 1. The van der Waals surface area contributed by atoms with Gasteiger partial charge in [0.25, 0.3) is 5.91 Å². The minimum absolute atomic E-state index is 0.0925. The molecule has 5 rings (SSSR count). The maximum atomic E-state index is 13.4. The minimum Gasteiger partial charge on any atom is -0.454 e. The summed E-state index contributed by atoms with van der Waals surface area (Å²) in [6, 6.07) is 10.5. The number of hydrogen-bond acceptors (Lipinski definition) is 7. The molecule has 168 valence electrons. The van der Waals surface area contributed by atoms with E-state index in [0.29, 0.717) is 33.7 Å². The second-order valence-corrected chi connectivity index (χ2v) is 8.00. The summed E-state index contributed by atoms with van der Waals surface area (Å²) >= 11 is 0. The Bertz CT molecular complexity index is 1400. The molecule has 2 aliphatic rings. The predicted octanol–water partition coefficient (Wildman–Crippen LogP) is 2.45. The minimum atomic E-state index is -1.31. The molecule has 0 bridgehead atoms. The smallest absolute Gasteiger partial charge is 0.336 e. The van der Waals surface area contributed by atoms with E-state index in [1.54, 1.807) is 37.3 Å². The van der Waals surface area contributed by atoms with Crippen LogP contribution >= 0.6 is 0 Å². The molecule has 2 aliphatic heterocycles. The second kappa shape index (κ2) is 7.37. The largest absolute Gasteiger partial charge is 0.454 e. The molecule has 1 saturated heterocycles. The first kappa shape index (κ1) is 20.6. The van der Waals surface area contributed by atoms with Gasteiger partial charge in [0, 0.05) is 30.1 Å². The van der Waals surface area contributed by atoms with E-state index in [-0.39, 0.29) is 24.8 Å². The number of anilines is 1. The van der Waals surface area contributed by atoms with E-state index in [0.717, 1.165) is 4.90 Å². The molecule has 1 fully saturated rings. The van der Waals surface area contributed by atoms with E-state index in [2.05, 4.69) is 10.6 Å². The number of ether oxygens (including phenoxy) is 2. The highest BCUT2D eigenvalue weighted by Crippen LogP contribution is 2.38. The summed E-state index contributed by atoms with van der Waals surface area (Å²) < 4.78 is 16.0. The molecule has 0 aliphatic carbocycles. The van der Waals surface area contributed by atoms with Crippen molar-refractivity contribution in [3.8, 4) is 11.5 Å². The zero-order valence-electron chi connectivity index (χ0n) is 17.8. The van der Waals surface area contributed by atoms with Crippen molar-refractivity contribution >= 4 is 34.5 Å². The lowest BCUT2D eigenvalue weighted by atomic mass is 9.91. The maximum absolute atomic E-state index is 13.4. The number of imide groups is 1. The molecule has 2 aromatic carbocycles. The van der Waals surface area contributed by atoms with E-state index >= 15 is 0 Å². The third-order valence-corrected chi connectivity index (χ3v) is 5.70. The molecule has 3 aromatic rings. The first-order chi connectivity index (χ1) is 15.7. The van der Waals surface area contributed by atoms with Crippen molar-refractivity contribution in [3.63, 3.8) is 0 Å². The fourth-order valence-corrected chi connectivity index (χ4v) is 4.06. The van der Waals surface area contributed by atoms with Gasteiger partial charge in [-0.05, 0) is 42.3 Å². The van der Waals surface area contributed by atoms with Gasteiger partial charge in [0.1, 0.15) is 11.1 Å². The lowest BCUT2D eigenvalue weighted by Gasteiger charge is -2.22. The van der Waals surface area contributed by atoms with Gasteiger partial charge >= 0.3 is 11.7 Å². The number of carbonyl (C=O) groups excluding carboxylic acids is 3. The summed E-state index contributed by atoms with van der Waals surface area (Å²) in [4.78, 5) is 50.7. The molecular weight excluding hydrogens is 430 g/mol. The molecule has 1 unspecified atom stereocenters. The average molecular weight is 449 g/mol. The Labute approximate surface area is 187 Å². The summed E-state index contributed by atoms with van der Waals surface area (Å²) in [6.45, 7) is 2.94. The SMILES string of the molecule is CC(=O)Nc1ccc2c(CN3C(=O)NC(C)(c4ccc5c(c4)OCO5)C3=O)cc(=O)oc2c1. The fourth-order valence-electron chi connectivity index (χ4n) is 4.06. The van der Waals surface area contributed by atoms with Gasteiger partial charge in [-0.2, -0.15) is 0 Å². The van der Waals surface area contributed by atoms with Crippen LogP contribution in [-0.2, 0) is 21.7 Å². The highest BCUT2D eigenvalue weighted by molar-refractivity contribution is 6.07. The Hall–Kier alpha value is -4.34. The number of carbonyl (C=O) groups is 3. The number of amides is 4. The van der Waals surface area contributed by atoms with Crippen LogP contribution in [0.4, 0.5) is 10.5 Å². The summed E-state index contributed by atoms with van der Waals surface area (Å²) in [5.41, 5.74) is -0.275. The van der Waals surface area contributed by atoms with Gasteiger partial charge in [-0.3, -0.25) is 14.5 Å². The number of nitrogens with one attached hydrogen (secondary N) is 2. The number of benzene rings is 2. The normalized spacial score (nSPS) is 19.2. The van der Waals surface area contributed by atoms with Crippen molar-refractivity contribution in [1.82, 2.24) is 10.2 Å². The van der Waals surface area contributed by atoms with E-state index < -0.39 is 23.1 Å². The van der Waals surface area contributed by atoms with Crippen LogP contribution in [0.5, 0.6) is 11.5 Å². The third-order valence-electron chi connectivity index (χ3n) is 5.70. The van der Waals surface area contributed by atoms with Crippen LogP contribution in [0.2, 0.25) is 0 Å². The zero-order valence-corrected chi connectivity index (χ0v) is 17.8. The summed E-state index contributed by atoms with van der Waals surface area (Å²) in [6.07, 6.45) is 0. The van der Waals surface area contributed by atoms with Crippen LogP contribution in [-0.4, -0.2) is 29.5 Å². The second-order valence-electron chi connectivity index (χ2n) is 8.00. The maximum Gasteiger partial charge on any atom is 0.336 e. The topological polar surface area (TPSA) is 127 Å². The first-order valence-electron chi connectivity index (χ1n) is 10.1. The zero-order chi connectivity index (χ0) is 23.3. The summed E-state index contributed by atoms with van der Waals surface area (Å²) in [5.74, 6) is 0.325. The van der Waals surface area contributed by atoms with Crippen molar-refractivity contribution in [2.24, 2.45) is 0 Å². The molecule has 0 radical (unpaired) electrons. The molecule has 1 aromatic heterocycles. The number of nitrogens with zero attached hydrogens (tertiary/aromatic N) is 1. The Morgan fingerprint density at radius 1 is 1.09 bits per heavy atom. The molecule has 3 heterocycles. The lowest BCUT2D eigenvalue weighted by Crippen LogP contribution is -2.40. The Kier molecular flexibility index (Phi) is 4.59. The molecule has 2 N–H and O–H groups in total. The van der Waals surface area contributed by atoms with Gasteiger partial charge in [-0.25, -0.2) is 9.59 Å². The van der Waals surface area contributed by atoms with Crippen LogP contribution < -0.4 is 25.7 Å². The molecule has 33 heavy (non-hydrogen) atoms. The summed E-state index contributed by atoms with van der Waals surface area (Å²) in [7, 11) is 0. The van der Waals surface area contributed by atoms with E-state index in [1.807, 2.05) is 0 Å². The van der Waals surface area contributed by atoms with Gasteiger partial charge in [-0.15, -0.1) is 0 Å². The van der Waals surface area contributed by atoms with Crippen molar-refractivity contribution in [1.29, 1.82) is 0 Å². The van der Waals surface area contributed by atoms with Crippen molar-refractivity contribution in [2.75, 3.05) is 12.1 Å². The van der Waals surface area contributed by atoms with Gasteiger partial charge in [0.15, 0.2) is 11.5 Å². The van der Waals surface area contributed by atoms with Crippen LogP contribution in [0.25, 0.3) is 11.0 Å². The third kappa shape index (κ3) is 3.45. The van der Waals surface area contributed by atoms with Gasteiger partial charge in [0.05, 0.1) is 6.54 Å². The van der Waals surface area contributed by atoms with Crippen molar-refractivity contribution in [3.05, 3.63) is 64.0 Å². The highest BCUT2D eigenvalue weighted by atomic mass is 16.7. The molecule has 0 spiro atoms. The van der Waals surface area contributed by atoms with E-state index in [9.17, 15) is 19.2 Å². The predicted molar refractivity (Wildman–Crippen MR) is 116 cm³/mol. The Balaban J connectivity index is 1.48. The quantitative estimate of drug-likeness (QED) is 0.463. The number of hydrogen-bond donors (Lipinski definition) is 2. The number of rotatable bonds is 4. The summed E-state index contributed by atoms with van der Waals surface area (Å²) in [5, 5.41) is 5.91. The molecular formula is C23H19N3O7.